The number of ether oxygens (including phenoxy) is 1. The van der Waals surface area contributed by atoms with Gasteiger partial charge in [-0.1, -0.05) is 0 Å². The Labute approximate surface area is 211 Å². The minimum absolute atomic E-state index is 0.302. The highest BCUT2D eigenvalue weighted by Crippen LogP contribution is 2.31. The van der Waals surface area contributed by atoms with E-state index in [9.17, 15) is 4.39 Å². The molecule has 0 saturated heterocycles. The van der Waals surface area contributed by atoms with Crippen molar-refractivity contribution in [2.45, 2.75) is 0 Å². The Hall–Kier alpha value is -4.70. The number of H-pyrrole nitrogens is 2. The molecule has 0 spiro atoms. The Morgan fingerprint density at radius 1 is 0.892 bits per heavy atom. The van der Waals surface area contributed by atoms with Gasteiger partial charge in [0.1, 0.15) is 29.2 Å². The van der Waals surface area contributed by atoms with Crippen molar-refractivity contribution >= 4 is 22.1 Å². The van der Waals surface area contributed by atoms with Crippen LogP contribution in [0.2, 0.25) is 0 Å². The van der Waals surface area contributed by atoms with E-state index in [1.165, 1.54) is 12.1 Å². The molecule has 0 aliphatic heterocycles. The monoisotopic (exact) mass is 494 g/mol. The molecule has 0 atom stereocenters. The summed E-state index contributed by atoms with van der Waals surface area (Å²) in [6.07, 6.45) is 5.15. The molecule has 5 heterocycles. The van der Waals surface area contributed by atoms with Crippen LogP contribution in [0.15, 0.2) is 67.1 Å². The number of hydrogen-bond donors (Lipinski definition) is 2. The van der Waals surface area contributed by atoms with Gasteiger partial charge in [0.15, 0.2) is 11.5 Å². The first-order valence-electron chi connectivity index (χ1n) is 11.7. The zero-order chi connectivity index (χ0) is 25.4. The van der Waals surface area contributed by atoms with Gasteiger partial charge in [-0.3, -0.25) is 15.1 Å². The van der Waals surface area contributed by atoms with Gasteiger partial charge in [0.2, 0.25) is 0 Å². The highest BCUT2D eigenvalue weighted by molar-refractivity contribution is 5.95. The van der Waals surface area contributed by atoms with E-state index in [0.717, 1.165) is 34.4 Å². The molecule has 0 radical (unpaired) electrons. The molecule has 10 heteroatoms. The average molecular weight is 495 g/mol. The number of aromatic nitrogens is 7. The number of imidazole rings is 1. The molecule has 0 fully saturated rings. The quantitative estimate of drug-likeness (QED) is 0.331. The number of halogens is 1. The predicted octanol–water partition coefficient (Wildman–Crippen LogP) is 4.70. The number of fused-ring (bicyclic) bond motifs is 2. The molecule has 0 saturated carbocycles. The number of nitrogens with zero attached hydrogens (tertiary/aromatic N) is 6. The molecule has 0 amide bonds. The van der Waals surface area contributed by atoms with Crippen LogP contribution in [0.3, 0.4) is 0 Å². The van der Waals surface area contributed by atoms with Gasteiger partial charge in [-0.15, -0.1) is 0 Å². The molecular formula is C27H23FN8O. The van der Waals surface area contributed by atoms with Crippen molar-refractivity contribution in [3.05, 3.63) is 72.9 Å². The van der Waals surface area contributed by atoms with Crippen molar-refractivity contribution in [2.75, 3.05) is 27.2 Å². The molecule has 2 N–H and O–H groups in total. The number of benzene rings is 1. The van der Waals surface area contributed by atoms with E-state index in [-0.39, 0.29) is 5.82 Å². The number of hydrogen-bond acceptors (Lipinski definition) is 7. The van der Waals surface area contributed by atoms with Gasteiger partial charge in [0, 0.05) is 30.1 Å². The fourth-order valence-electron chi connectivity index (χ4n) is 4.08. The number of rotatable bonds is 7. The van der Waals surface area contributed by atoms with E-state index in [1.807, 2.05) is 38.4 Å². The van der Waals surface area contributed by atoms with Crippen LogP contribution in [0, 0.1) is 5.82 Å². The lowest BCUT2D eigenvalue weighted by atomic mass is 10.1. The topological polar surface area (TPSA) is 109 Å². The fraction of sp³-hybridized carbons (Fsp3) is 0.148. The summed E-state index contributed by atoms with van der Waals surface area (Å²) in [5.41, 5.74) is 6.52. The molecule has 0 bridgehead atoms. The van der Waals surface area contributed by atoms with Gasteiger partial charge >= 0.3 is 0 Å². The minimum Gasteiger partial charge on any atom is -0.491 e. The van der Waals surface area contributed by atoms with Gasteiger partial charge in [-0.05, 0) is 62.6 Å². The highest BCUT2D eigenvalue weighted by Gasteiger charge is 2.17. The molecule has 0 unspecified atom stereocenters. The van der Waals surface area contributed by atoms with Gasteiger partial charge in [0.25, 0.3) is 0 Å². The van der Waals surface area contributed by atoms with E-state index in [0.29, 0.717) is 40.6 Å². The van der Waals surface area contributed by atoms with E-state index in [2.05, 4.69) is 30.0 Å². The molecule has 0 aliphatic rings. The van der Waals surface area contributed by atoms with Crippen molar-refractivity contribution in [2.24, 2.45) is 0 Å². The molecule has 1 aromatic carbocycles. The van der Waals surface area contributed by atoms with Crippen molar-refractivity contribution in [3.63, 3.8) is 0 Å². The zero-order valence-electron chi connectivity index (χ0n) is 20.2. The first kappa shape index (κ1) is 22.7. The van der Waals surface area contributed by atoms with Gasteiger partial charge in [-0.25, -0.2) is 14.4 Å². The Kier molecular flexibility index (Phi) is 5.78. The van der Waals surface area contributed by atoms with Crippen LogP contribution in [-0.4, -0.2) is 67.3 Å². The molecule has 0 aliphatic carbocycles. The van der Waals surface area contributed by atoms with Crippen LogP contribution in [0.4, 0.5) is 4.39 Å². The summed E-state index contributed by atoms with van der Waals surface area (Å²) in [6, 6.07) is 13.8. The molecule has 9 nitrogen and oxygen atoms in total. The standard InChI is InChI=1S/C27H23FN8O/c1-36(2)11-12-37-19-13-17(14-29-15-19)20-7-8-22-25(31-20)26(35-34-22)27-32-21-9-10-30-23(24(21)33-27)16-3-5-18(28)6-4-16/h3-10,13-15H,11-12H2,1-2H3,(H,32,33)(H,34,35). The fourth-order valence-corrected chi connectivity index (χ4v) is 4.08. The maximum absolute atomic E-state index is 13.4. The number of aromatic amines is 2. The summed E-state index contributed by atoms with van der Waals surface area (Å²) >= 11 is 0. The van der Waals surface area contributed by atoms with E-state index >= 15 is 0 Å². The summed E-state index contributed by atoms with van der Waals surface area (Å²) in [5.74, 6) is 0.942. The Morgan fingerprint density at radius 2 is 1.73 bits per heavy atom. The Morgan fingerprint density at radius 3 is 2.57 bits per heavy atom. The summed E-state index contributed by atoms with van der Waals surface area (Å²) in [7, 11) is 4.00. The Bertz CT molecular complexity index is 1710. The van der Waals surface area contributed by atoms with Crippen LogP contribution >= 0.6 is 0 Å². The third kappa shape index (κ3) is 4.50. The van der Waals surface area contributed by atoms with Gasteiger partial charge in [0.05, 0.1) is 28.6 Å². The summed E-state index contributed by atoms with van der Waals surface area (Å²) in [5, 5.41) is 7.53. The SMILES string of the molecule is CN(C)CCOc1cncc(-c2ccc3[nH]nc(-c4nc5c(-c6ccc(F)cc6)nccc5[nH]4)c3n2)c1. The molecular weight excluding hydrogens is 471 g/mol. The lowest BCUT2D eigenvalue weighted by molar-refractivity contribution is 0.261. The van der Waals surface area contributed by atoms with Crippen LogP contribution < -0.4 is 4.74 Å². The van der Waals surface area contributed by atoms with E-state index in [4.69, 9.17) is 14.7 Å². The lowest BCUT2D eigenvalue weighted by Crippen LogP contribution is -2.19. The summed E-state index contributed by atoms with van der Waals surface area (Å²) in [6.45, 7) is 1.38. The van der Waals surface area contributed by atoms with E-state index in [1.54, 1.807) is 30.7 Å². The van der Waals surface area contributed by atoms with Crippen molar-refractivity contribution in [3.8, 4) is 39.8 Å². The second-order valence-corrected chi connectivity index (χ2v) is 8.87. The third-order valence-corrected chi connectivity index (χ3v) is 5.97. The first-order valence-corrected chi connectivity index (χ1v) is 11.7. The summed E-state index contributed by atoms with van der Waals surface area (Å²) in [4.78, 5) is 23.9. The van der Waals surface area contributed by atoms with Crippen LogP contribution in [0.25, 0.3) is 56.1 Å². The van der Waals surface area contributed by atoms with Gasteiger partial charge in [-0.2, -0.15) is 5.10 Å². The van der Waals surface area contributed by atoms with E-state index < -0.39 is 0 Å². The molecule has 6 rings (SSSR count). The number of likely N-dealkylation sites (N-methyl/N-ethyl adjacent to an activating group) is 1. The second-order valence-electron chi connectivity index (χ2n) is 8.87. The predicted molar refractivity (Wildman–Crippen MR) is 139 cm³/mol. The van der Waals surface area contributed by atoms with Crippen LogP contribution in [-0.2, 0) is 0 Å². The number of nitrogens with one attached hydrogen (secondary N) is 2. The average Bonchev–Trinajstić information content (AvgIpc) is 3.53. The summed E-state index contributed by atoms with van der Waals surface area (Å²) < 4.78 is 19.3. The largest absolute Gasteiger partial charge is 0.491 e. The second kappa shape index (κ2) is 9.40. The zero-order valence-corrected chi connectivity index (χ0v) is 20.2. The molecule has 5 aromatic heterocycles. The van der Waals surface area contributed by atoms with Crippen molar-refractivity contribution in [1.82, 2.24) is 40.0 Å². The van der Waals surface area contributed by atoms with Gasteiger partial charge < -0.3 is 14.6 Å². The maximum Gasteiger partial charge on any atom is 0.161 e. The highest BCUT2D eigenvalue weighted by atomic mass is 19.1. The maximum atomic E-state index is 13.4. The van der Waals surface area contributed by atoms with Crippen molar-refractivity contribution < 1.29 is 9.13 Å². The minimum atomic E-state index is -0.302. The normalized spacial score (nSPS) is 11.6. The van der Waals surface area contributed by atoms with Crippen molar-refractivity contribution in [1.29, 1.82) is 0 Å². The molecule has 37 heavy (non-hydrogen) atoms. The smallest absolute Gasteiger partial charge is 0.161 e. The number of pyridine rings is 3. The third-order valence-electron chi connectivity index (χ3n) is 5.97. The van der Waals surface area contributed by atoms with Crippen LogP contribution in [0.1, 0.15) is 0 Å². The lowest BCUT2D eigenvalue weighted by Gasteiger charge is -2.11. The Balaban J connectivity index is 1.37. The van der Waals surface area contributed by atoms with Crippen LogP contribution in [0.5, 0.6) is 5.75 Å². The first-order chi connectivity index (χ1) is 18.0. The molecule has 184 valence electrons. The molecule has 6 aromatic rings.